The standard InChI is InChI=1S/C14H26N4O/c1-4-15-8-12-6-5-7-18(9-12)10-13-16-14(11(2)3)17-19-13/h11-12,15H,4-10H2,1-3H3. The largest absolute Gasteiger partial charge is 0.338 e. The van der Waals surface area contributed by atoms with Crippen LogP contribution in [0.25, 0.3) is 0 Å². The summed E-state index contributed by atoms with van der Waals surface area (Å²) in [5.74, 6) is 2.66. The first-order valence-electron chi connectivity index (χ1n) is 7.44. The van der Waals surface area contributed by atoms with E-state index in [9.17, 15) is 0 Å². The van der Waals surface area contributed by atoms with Crippen LogP contribution in [-0.2, 0) is 6.54 Å². The fraction of sp³-hybridized carbons (Fsp3) is 0.857. The summed E-state index contributed by atoms with van der Waals surface area (Å²) in [7, 11) is 0. The smallest absolute Gasteiger partial charge is 0.240 e. The summed E-state index contributed by atoms with van der Waals surface area (Å²) >= 11 is 0. The van der Waals surface area contributed by atoms with Crippen LogP contribution in [0.2, 0.25) is 0 Å². The molecule has 0 bridgehead atoms. The summed E-state index contributed by atoms with van der Waals surface area (Å²) in [5, 5.41) is 7.47. The fourth-order valence-electron chi connectivity index (χ4n) is 2.57. The molecule has 1 aromatic heterocycles. The summed E-state index contributed by atoms with van der Waals surface area (Å²) in [6, 6.07) is 0. The molecule has 0 amide bonds. The number of aromatic nitrogens is 2. The van der Waals surface area contributed by atoms with Crippen LogP contribution in [0.3, 0.4) is 0 Å². The molecule has 1 unspecified atom stereocenters. The van der Waals surface area contributed by atoms with Crippen LogP contribution in [-0.4, -0.2) is 41.2 Å². The Morgan fingerprint density at radius 2 is 2.32 bits per heavy atom. The first-order chi connectivity index (χ1) is 9.19. The van der Waals surface area contributed by atoms with Crippen LogP contribution in [0.4, 0.5) is 0 Å². The zero-order chi connectivity index (χ0) is 13.7. The molecule has 1 saturated heterocycles. The minimum Gasteiger partial charge on any atom is -0.338 e. The molecule has 1 aliphatic rings. The highest BCUT2D eigenvalue weighted by Crippen LogP contribution is 2.18. The SMILES string of the molecule is CCNCC1CCCN(Cc2nc(C(C)C)no2)C1. The highest BCUT2D eigenvalue weighted by Gasteiger charge is 2.21. The van der Waals surface area contributed by atoms with Crippen molar-refractivity contribution in [3.8, 4) is 0 Å². The molecule has 5 nitrogen and oxygen atoms in total. The number of nitrogens with one attached hydrogen (secondary N) is 1. The van der Waals surface area contributed by atoms with Crippen molar-refractivity contribution in [3.63, 3.8) is 0 Å². The second-order valence-electron chi connectivity index (χ2n) is 5.75. The minimum absolute atomic E-state index is 0.334. The predicted molar refractivity (Wildman–Crippen MR) is 74.9 cm³/mol. The molecule has 1 aromatic rings. The number of hydrogen-bond donors (Lipinski definition) is 1. The predicted octanol–water partition coefficient (Wildman–Crippen LogP) is 2.01. The van der Waals surface area contributed by atoms with Crippen molar-refractivity contribution in [2.24, 2.45) is 5.92 Å². The van der Waals surface area contributed by atoms with Crippen molar-refractivity contribution >= 4 is 0 Å². The zero-order valence-electron chi connectivity index (χ0n) is 12.4. The Balaban J connectivity index is 1.84. The maximum Gasteiger partial charge on any atom is 0.240 e. The van der Waals surface area contributed by atoms with Gasteiger partial charge in [-0.1, -0.05) is 25.9 Å². The topological polar surface area (TPSA) is 54.2 Å². The molecule has 1 aliphatic heterocycles. The van der Waals surface area contributed by atoms with Gasteiger partial charge in [-0.15, -0.1) is 0 Å². The van der Waals surface area contributed by atoms with Crippen LogP contribution in [0.5, 0.6) is 0 Å². The van der Waals surface area contributed by atoms with Gasteiger partial charge < -0.3 is 9.84 Å². The molecule has 0 spiro atoms. The number of likely N-dealkylation sites (tertiary alicyclic amines) is 1. The van der Waals surface area contributed by atoms with E-state index in [1.54, 1.807) is 0 Å². The van der Waals surface area contributed by atoms with Gasteiger partial charge in [0.1, 0.15) is 0 Å². The molecule has 0 aliphatic carbocycles. The molecule has 108 valence electrons. The summed E-state index contributed by atoms with van der Waals surface area (Å²) in [4.78, 5) is 6.89. The van der Waals surface area contributed by atoms with E-state index in [0.29, 0.717) is 5.92 Å². The van der Waals surface area contributed by atoms with Crippen LogP contribution in [0.1, 0.15) is 51.2 Å². The molecule has 0 radical (unpaired) electrons. The van der Waals surface area contributed by atoms with Gasteiger partial charge >= 0.3 is 0 Å². The minimum atomic E-state index is 0.334. The van der Waals surface area contributed by atoms with E-state index in [4.69, 9.17) is 4.52 Å². The Morgan fingerprint density at radius 1 is 1.47 bits per heavy atom. The van der Waals surface area contributed by atoms with Gasteiger partial charge in [-0.25, -0.2) is 0 Å². The molecule has 1 fully saturated rings. The van der Waals surface area contributed by atoms with Crippen LogP contribution >= 0.6 is 0 Å². The van der Waals surface area contributed by atoms with Gasteiger partial charge in [-0.05, 0) is 38.4 Å². The van der Waals surface area contributed by atoms with Crippen LogP contribution in [0.15, 0.2) is 4.52 Å². The normalized spacial score (nSPS) is 21.2. The lowest BCUT2D eigenvalue weighted by molar-refractivity contribution is 0.149. The van der Waals surface area contributed by atoms with E-state index in [1.807, 2.05) is 0 Å². The third kappa shape index (κ3) is 4.28. The number of hydrogen-bond acceptors (Lipinski definition) is 5. The lowest BCUT2D eigenvalue weighted by atomic mass is 9.98. The van der Waals surface area contributed by atoms with Crippen molar-refractivity contribution in [1.82, 2.24) is 20.4 Å². The Hall–Kier alpha value is -0.940. The van der Waals surface area contributed by atoms with Crippen molar-refractivity contribution in [1.29, 1.82) is 0 Å². The van der Waals surface area contributed by atoms with Crippen LogP contribution in [0, 0.1) is 5.92 Å². The van der Waals surface area contributed by atoms with Crippen molar-refractivity contribution in [3.05, 3.63) is 11.7 Å². The molecule has 1 atom stereocenters. The molecule has 5 heteroatoms. The van der Waals surface area contributed by atoms with Gasteiger partial charge in [-0.3, -0.25) is 4.90 Å². The molecular formula is C14H26N4O. The van der Waals surface area contributed by atoms with Gasteiger partial charge in [-0.2, -0.15) is 4.98 Å². The second-order valence-corrected chi connectivity index (χ2v) is 5.75. The maximum atomic E-state index is 5.33. The number of piperidine rings is 1. The first kappa shape index (κ1) is 14.5. The lowest BCUT2D eigenvalue weighted by Crippen LogP contribution is -2.39. The highest BCUT2D eigenvalue weighted by atomic mass is 16.5. The monoisotopic (exact) mass is 266 g/mol. The van der Waals surface area contributed by atoms with Gasteiger partial charge in [0, 0.05) is 12.5 Å². The summed E-state index contributed by atoms with van der Waals surface area (Å²) < 4.78 is 5.33. The Labute approximate surface area is 115 Å². The summed E-state index contributed by atoms with van der Waals surface area (Å²) in [6.07, 6.45) is 2.59. The lowest BCUT2D eigenvalue weighted by Gasteiger charge is -2.31. The van der Waals surface area contributed by atoms with Gasteiger partial charge in [0.2, 0.25) is 5.89 Å². The molecule has 19 heavy (non-hydrogen) atoms. The van der Waals surface area contributed by atoms with E-state index in [-0.39, 0.29) is 0 Å². The molecule has 2 rings (SSSR count). The Kier molecular flexibility index (Phi) is 5.34. The van der Waals surface area contributed by atoms with E-state index < -0.39 is 0 Å². The van der Waals surface area contributed by atoms with Gasteiger partial charge in [0.25, 0.3) is 0 Å². The first-order valence-corrected chi connectivity index (χ1v) is 7.44. The van der Waals surface area contributed by atoms with Crippen LogP contribution < -0.4 is 5.32 Å². The summed E-state index contributed by atoms with van der Waals surface area (Å²) in [5.41, 5.74) is 0. The summed E-state index contributed by atoms with van der Waals surface area (Å²) in [6.45, 7) is 11.6. The molecule has 0 aromatic carbocycles. The van der Waals surface area contributed by atoms with E-state index in [0.717, 1.165) is 50.4 Å². The van der Waals surface area contributed by atoms with E-state index in [1.165, 1.54) is 12.8 Å². The van der Waals surface area contributed by atoms with E-state index in [2.05, 4.69) is 41.1 Å². The van der Waals surface area contributed by atoms with E-state index >= 15 is 0 Å². The zero-order valence-corrected chi connectivity index (χ0v) is 12.4. The average Bonchev–Trinajstić information content (AvgIpc) is 2.85. The average molecular weight is 266 g/mol. The molecular weight excluding hydrogens is 240 g/mol. The third-order valence-electron chi connectivity index (χ3n) is 3.65. The highest BCUT2D eigenvalue weighted by molar-refractivity contribution is 4.92. The number of rotatable bonds is 6. The van der Waals surface area contributed by atoms with Gasteiger partial charge in [0.15, 0.2) is 5.82 Å². The molecule has 0 saturated carbocycles. The van der Waals surface area contributed by atoms with Gasteiger partial charge in [0.05, 0.1) is 6.54 Å². The Morgan fingerprint density at radius 3 is 3.00 bits per heavy atom. The Bertz CT molecular complexity index is 377. The van der Waals surface area contributed by atoms with Crippen molar-refractivity contribution < 1.29 is 4.52 Å². The van der Waals surface area contributed by atoms with Crippen molar-refractivity contribution in [2.75, 3.05) is 26.2 Å². The molecule has 2 heterocycles. The second kappa shape index (κ2) is 7.01. The third-order valence-corrected chi connectivity index (χ3v) is 3.65. The van der Waals surface area contributed by atoms with Crippen molar-refractivity contribution in [2.45, 2.75) is 46.1 Å². The fourth-order valence-corrected chi connectivity index (χ4v) is 2.57. The quantitative estimate of drug-likeness (QED) is 0.853. The molecule has 1 N–H and O–H groups in total. The number of nitrogens with zero attached hydrogens (tertiary/aromatic N) is 3. The maximum absolute atomic E-state index is 5.33.